The van der Waals surface area contributed by atoms with Crippen molar-refractivity contribution in [3.05, 3.63) is 0 Å². The summed E-state index contributed by atoms with van der Waals surface area (Å²) in [6.45, 7) is 3.81. The Hall–Kier alpha value is -1.06. The fraction of sp³-hybridized carbons (Fsp3) is 0.833. The van der Waals surface area contributed by atoms with Gasteiger partial charge in [-0.2, -0.15) is 0 Å². The third-order valence-electron chi connectivity index (χ3n) is 2.78. The molecule has 0 aliphatic carbocycles. The van der Waals surface area contributed by atoms with Crippen LogP contribution in [-0.4, -0.2) is 36.5 Å². The van der Waals surface area contributed by atoms with Crippen LogP contribution in [0.4, 0.5) is 0 Å². The molecule has 0 aromatic rings. The normalized spacial score (nSPS) is 15.6. The molecule has 92 valence electrons. The molecule has 0 atom stereocenters. The Morgan fingerprint density at radius 2 is 2.25 bits per heavy atom. The number of likely N-dealkylation sites (tertiary alicyclic amines) is 1. The van der Waals surface area contributed by atoms with E-state index in [9.17, 15) is 9.59 Å². The molecule has 1 aliphatic heterocycles. The first-order valence-corrected chi connectivity index (χ1v) is 6.17. The van der Waals surface area contributed by atoms with Gasteiger partial charge in [0.15, 0.2) is 0 Å². The van der Waals surface area contributed by atoms with Crippen LogP contribution in [0, 0.1) is 0 Å². The van der Waals surface area contributed by atoms with E-state index in [1.165, 1.54) is 0 Å². The lowest BCUT2D eigenvalue weighted by Gasteiger charge is -2.14. The van der Waals surface area contributed by atoms with Gasteiger partial charge < -0.3 is 9.64 Å². The minimum atomic E-state index is -0.139. The number of carbonyl (C=O) groups excluding carboxylic acids is 2. The number of ether oxygens (including phenoxy) is 1. The summed E-state index contributed by atoms with van der Waals surface area (Å²) in [7, 11) is 0. The fourth-order valence-corrected chi connectivity index (χ4v) is 1.80. The van der Waals surface area contributed by atoms with Gasteiger partial charge in [-0.05, 0) is 12.8 Å². The van der Waals surface area contributed by atoms with Crippen LogP contribution >= 0.6 is 0 Å². The predicted octanol–water partition coefficient (Wildman–Crippen LogP) is 1.73. The summed E-state index contributed by atoms with van der Waals surface area (Å²) in [5.74, 6) is 0.0436. The number of esters is 1. The largest absolute Gasteiger partial charge is 0.464 e. The monoisotopic (exact) mass is 227 g/mol. The molecular formula is C12H21NO3. The summed E-state index contributed by atoms with van der Waals surface area (Å²) in [6, 6.07) is 0. The lowest BCUT2D eigenvalue weighted by molar-refractivity contribution is -0.145. The molecule has 4 heteroatoms. The van der Waals surface area contributed by atoms with E-state index in [1.807, 2.05) is 0 Å². The van der Waals surface area contributed by atoms with Gasteiger partial charge in [-0.25, -0.2) is 0 Å². The van der Waals surface area contributed by atoms with Gasteiger partial charge in [-0.3, -0.25) is 9.59 Å². The third kappa shape index (κ3) is 4.64. The third-order valence-corrected chi connectivity index (χ3v) is 2.78. The molecule has 1 amide bonds. The number of nitrogens with zero attached hydrogens (tertiary/aromatic N) is 1. The molecule has 1 heterocycles. The zero-order chi connectivity index (χ0) is 11.8. The van der Waals surface area contributed by atoms with Crippen LogP contribution in [0.15, 0.2) is 0 Å². The zero-order valence-electron chi connectivity index (χ0n) is 10.0. The SMILES string of the molecule is CCCCCC(=O)OCCN1CCCC1=O. The second kappa shape index (κ2) is 7.25. The van der Waals surface area contributed by atoms with Crippen LogP contribution in [0.5, 0.6) is 0 Å². The van der Waals surface area contributed by atoms with Gasteiger partial charge in [-0.1, -0.05) is 19.8 Å². The maximum absolute atomic E-state index is 11.2. The molecule has 1 aliphatic rings. The van der Waals surface area contributed by atoms with E-state index >= 15 is 0 Å². The van der Waals surface area contributed by atoms with Gasteiger partial charge in [0, 0.05) is 19.4 Å². The first kappa shape index (κ1) is 13.0. The Balaban J connectivity index is 2.01. The summed E-state index contributed by atoms with van der Waals surface area (Å²) >= 11 is 0. The van der Waals surface area contributed by atoms with Crippen molar-refractivity contribution in [2.24, 2.45) is 0 Å². The van der Waals surface area contributed by atoms with Gasteiger partial charge >= 0.3 is 5.97 Å². The van der Waals surface area contributed by atoms with Crippen molar-refractivity contribution in [2.75, 3.05) is 19.7 Å². The summed E-state index contributed by atoms with van der Waals surface area (Å²) in [5.41, 5.74) is 0. The maximum atomic E-state index is 11.2. The van der Waals surface area contributed by atoms with E-state index in [0.717, 1.165) is 32.2 Å². The molecule has 1 fully saturated rings. The van der Waals surface area contributed by atoms with E-state index in [4.69, 9.17) is 4.74 Å². The quantitative estimate of drug-likeness (QED) is 0.491. The van der Waals surface area contributed by atoms with Gasteiger partial charge in [0.25, 0.3) is 0 Å². The molecule has 0 aromatic heterocycles. The molecule has 0 saturated carbocycles. The summed E-state index contributed by atoms with van der Waals surface area (Å²) in [6.07, 6.45) is 5.16. The van der Waals surface area contributed by atoms with E-state index in [1.54, 1.807) is 4.90 Å². The lowest BCUT2D eigenvalue weighted by Crippen LogP contribution is -2.29. The minimum Gasteiger partial charge on any atom is -0.464 e. The van der Waals surface area contributed by atoms with Gasteiger partial charge in [-0.15, -0.1) is 0 Å². The number of rotatable bonds is 7. The topological polar surface area (TPSA) is 46.6 Å². The standard InChI is InChI=1S/C12H21NO3/c1-2-3-4-7-12(15)16-10-9-13-8-5-6-11(13)14/h2-10H2,1H3. The van der Waals surface area contributed by atoms with Crippen molar-refractivity contribution in [3.8, 4) is 0 Å². The van der Waals surface area contributed by atoms with E-state index in [0.29, 0.717) is 26.0 Å². The van der Waals surface area contributed by atoms with Crippen LogP contribution in [-0.2, 0) is 14.3 Å². The average Bonchev–Trinajstić information content (AvgIpc) is 2.65. The number of amides is 1. The average molecular weight is 227 g/mol. The van der Waals surface area contributed by atoms with Gasteiger partial charge in [0.1, 0.15) is 6.61 Å². The summed E-state index contributed by atoms with van der Waals surface area (Å²) in [5, 5.41) is 0. The smallest absolute Gasteiger partial charge is 0.305 e. The van der Waals surface area contributed by atoms with Crippen LogP contribution in [0.25, 0.3) is 0 Å². The molecule has 0 spiro atoms. The summed E-state index contributed by atoms with van der Waals surface area (Å²) < 4.78 is 5.07. The molecule has 0 unspecified atom stereocenters. The molecule has 0 N–H and O–H groups in total. The highest BCUT2D eigenvalue weighted by molar-refractivity contribution is 5.78. The Morgan fingerprint density at radius 1 is 1.44 bits per heavy atom. The number of hydrogen-bond acceptors (Lipinski definition) is 3. The first-order chi connectivity index (χ1) is 7.74. The van der Waals surface area contributed by atoms with Crippen molar-refractivity contribution in [1.82, 2.24) is 4.90 Å². The molecular weight excluding hydrogens is 206 g/mol. The van der Waals surface area contributed by atoms with E-state index in [-0.39, 0.29) is 11.9 Å². The van der Waals surface area contributed by atoms with Crippen molar-refractivity contribution in [2.45, 2.75) is 45.4 Å². The summed E-state index contributed by atoms with van der Waals surface area (Å²) in [4.78, 5) is 24.3. The highest BCUT2D eigenvalue weighted by Crippen LogP contribution is 2.08. The zero-order valence-corrected chi connectivity index (χ0v) is 10.0. The second-order valence-electron chi connectivity index (χ2n) is 4.16. The maximum Gasteiger partial charge on any atom is 0.305 e. The highest BCUT2D eigenvalue weighted by Gasteiger charge is 2.19. The molecule has 1 saturated heterocycles. The highest BCUT2D eigenvalue weighted by atomic mass is 16.5. The molecule has 1 rings (SSSR count). The Bertz CT molecular complexity index is 240. The Labute approximate surface area is 96.9 Å². The minimum absolute atomic E-state index is 0.139. The van der Waals surface area contributed by atoms with Crippen LogP contribution in [0.2, 0.25) is 0 Å². The van der Waals surface area contributed by atoms with Crippen molar-refractivity contribution in [1.29, 1.82) is 0 Å². The van der Waals surface area contributed by atoms with Crippen LogP contribution < -0.4 is 0 Å². The molecule has 16 heavy (non-hydrogen) atoms. The number of unbranched alkanes of at least 4 members (excludes halogenated alkanes) is 2. The molecule has 0 bridgehead atoms. The number of carbonyl (C=O) groups is 2. The van der Waals surface area contributed by atoms with Crippen molar-refractivity contribution >= 4 is 11.9 Å². The molecule has 4 nitrogen and oxygen atoms in total. The van der Waals surface area contributed by atoms with Gasteiger partial charge in [0.05, 0.1) is 6.54 Å². The second-order valence-corrected chi connectivity index (χ2v) is 4.16. The Morgan fingerprint density at radius 3 is 2.88 bits per heavy atom. The van der Waals surface area contributed by atoms with Crippen LogP contribution in [0.3, 0.4) is 0 Å². The van der Waals surface area contributed by atoms with E-state index in [2.05, 4.69) is 6.92 Å². The van der Waals surface area contributed by atoms with Crippen molar-refractivity contribution in [3.63, 3.8) is 0 Å². The van der Waals surface area contributed by atoms with E-state index < -0.39 is 0 Å². The Kier molecular flexibility index (Phi) is 5.90. The number of hydrogen-bond donors (Lipinski definition) is 0. The molecule has 0 radical (unpaired) electrons. The van der Waals surface area contributed by atoms with Crippen LogP contribution in [0.1, 0.15) is 45.4 Å². The predicted molar refractivity (Wildman–Crippen MR) is 60.9 cm³/mol. The lowest BCUT2D eigenvalue weighted by atomic mass is 10.2. The van der Waals surface area contributed by atoms with Gasteiger partial charge in [0.2, 0.25) is 5.91 Å². The van der Waals surface area contributed by atoms with Crippen molar-refractivity contribution < 1.29 is 14.3 Å². The molecule has 0 aromatic carbocycles. The fourth-order valence-electron chi connectivity index (χ4n) is 1.80. The first-order valence-electron chi connectivity index (χ1n) is 6.17.